The molecule has 1 fully saturated rings. The lowest BCUT2D eigenvalue weighted by Crippen LogP contribution is -2.41. The van der Waals surface area contributed by atoms with E-state index >= 15 is 0 Å². The van der Waals surface area contributed by atoms with Gasteiger partial charge in [0.15, 0.2) is 9.84 Å². The summed E-state index contributed by atoms with van der Waals surface area (Å²) in [7, 11) is -3.99. The molecule has 0 aliphatic carbocycles. The van der Waals surface area contributed by atoms with Crippen molar-refractivity contribution in [2.75, 3.05) is 25.6 Å². The van der Waals surface area contributed by atoms with Gasteiger partial charge in [-0.25, -0.2) is 16.8 Å². The molecular weight excluding hydrogens is 444 g/mol. The molecule has 3 rings (SSSR count). The Hall–Kier alpha value is -2.18. The molecule has 2 aromatic rings. The number of amides is 1. The van der Waals surface area contributed by atoms with Crippen LogP contribution in [0.2, 0.25) is 0 Å². The van der Waals surface area contributed by atoms with Gasteiger partial charge in [-0.1, -0.05) is 0 Å². The third-order valence-corrected chi connectivity index (χ3v) is 9.52. The molecule has 12 heteroatoms. The maximum atomic E-state index is 13.2. The number of likely N-dealkylation sites (N-methyl/N-ethyl adjacent to an activating group) is 1. The van der Waals surface area contributed by atoms with Crippen molar-refractivity contribution < 1.29 is 26.0 Å². The zero-order valence-corrected chi connectivity index (χ0v) is 19.9. The number of hydrogen-bond acceptors (Lipinski definition) is 7. The van der Waals surface area contributed by atoms with E-state index < -0.39 is 25.9 Å². The molecule has 172 valence electrons. The second-order valence-corrected chi connectivity index (χ2v) is 12.2. The minimum atomic E-state index is -3.88. The molecule has 0 bridgehead atoms. The van der Waals surface area contributed by atoms with Crippen LogP contribution in [0.1, 0.15) is 36.5 Å². The number of hydrogen-bond donors (Lipinski definition) is 0. The van der Waals surface area contributed by atoms with Gasteiger partial charge in [-0.15, -0.1) is 0 Å². The first kappa shape index (κ1) is 23.5. The van der Waals surface area contributed by atoms with E-state index in [0.717, 1.165) is 0 Å². The fourth-order valence-electron chi connectivity index (χ4n) is 3.92. The Kier molecular flexibility index (Phi) is 6.36. The van der Waals surface area contributed by atoms with Crippen LogP contribution in [0.3, 0.4) is 0 Å². The third-order valence-electron chi connectivity index (χ3n) is 5.71. The molecule has 0 spiro atoms. The van der Waals surface area contributed by atoms with E-state index in [-0.39, 0.29) is 40.6 Å². The summed E-state index contributed by atoms with van der Waals surface area (Å²) >= 11 is 0. The largest absolute Gasteiger partial charge is 0.468 e. The third kappa shape index (κ3) is 4.55. The molecule has 0 radical (unpaired) electrons. The zero-order chi connectivity index (χ0) is 23.1. The minimum absolute atomic E-state index is 0.0484. The number of nitrogens with zero attached hydrogens (tertiary/aromatic N) is 4. The number of sulfonamides is 1. The minimum Gasteiger partial charge on any atom is -0.468 e. The van der Waals surface area contributed by atoms with Gasteiger partial charge in [0.2, 0.25) is 15.9 Å². The van der Waals surface area contributed by atoms with E-state index in [1.165, 1.54) is 27.2 Å². The smallest absolute Gasteiger partial charge is 0.247 e. The van der Waals surface area contributed by atoms with Gasteiger partial charge in [0.1, 0.15) is 16.7 Å². The zero-order valence-electron chi connectivity index (χ0n) is 18.3. The molecule has 1 aliphatic heterocycles. The fourth-order valence-corrected chi connectivity index (χ4v) is 7.19. The predicted octanol–water partition coefficient (Wildman–Crippen LogP) is 1.12. The number of sulfone groups is 1. The topological polar surface area (TPSA) is 123 Å². The average molecular weight is 473 g/mol. The van der Waals surface area contributed by atoms with Crippen LogP contribution < -0.4 is 0 Å². The van der Waals surface area contributed by atoms with Crippen molar-refractivity contribution in [1.29, 1.82) is 0 Å². The van der Waals surface area contributed by atoms with Crippen molar-refractivity contribution in [3.63, 3.8) is 0 Å². The van der Waals surface area contributed by atoms with E-state index in [9.17, 15) is 21.6 Å². The summed E-state index contributed by atoms with van der Waals surface area (Å²) in [5.74, 6) is 0.190. The lowest BCUT2D eigenvalue weighted by molar-refractivity contribution is -0.135. The van der Waals surface area contributed by atoms with Crippen molar-refractivity contribution in [1.82, 2.24) is 19.0 Å². The number of aryl methyl sites for hydroxylation is 1. The van der Waals surface area contributed by atoms with Crippen LogP contribution in [0.25, 0.3) is 0 Å². The molecule has 1 aliphatic rings. The van der Waals surface area contributed by atoms with Crippen molar-refractivity contribution in [2.24, 2.45) is 0 Å². The Labute approximate surface area is 182 Å². The highest BCUT2D eigenvalue weighted by atomic mass is 32.2. The maximum absolute atomic E-state index is 13.2. The number of aromatic nitrogens is 2. The fraction of sp³-hybridized carbons (Fsp3) is 0.579. The second kappa shape index (κ2) is 8.40. The number of carbonyl (C=O) groups is 1. The highest BCUT2D eigenvalue weighted by molar-refractivity contribution is 7.91. The molecule has 0 aromatic carbocycles. The summed E-state index contributed by atoms with van der Waals surface area (Å²) in [4.78, 5) is 14.5. The van der Waals surface area contributed by atoms with E-state index in [2.05, 4.69) is 5.10 Å². The molecule has 1 amide bonds. The predicted molar refractivity (Wildman–Crippen MR) is 114 cm³/mol. The molecule has 0 unspecified atom stereocenters. The van der Waals surface area contributed by atoms with Crippen molar-refractivity contribution in [3.8, 4) is 0 Å². The van der Waals surface area contributed by atoms with E-state index in [1.54, 1.807) is 40.0 Å². The molecular formula is C19H28N4O6S2. The maximum Gasteiger partial charge on any atom is 0.247 e. The van der Waals surface area contributed by atoms with Crippen LogP contribution in [0.15, 0.2) is 27.7 Å². The Balaban J connectivity index is 1.85. The molecule has 2 atom stereocenters. The van der Waals surface area contributed by atoms with Gasteiger partial charge in [-0.05, 0) is 39.3 Å². The van der Waals surface area contributed by atoms with Crippen LogP contribution in [0.5, 0.6) is 0 Å². The summed E-state index contributed by atoms with van der Waals surface area (Å²) in [6, 6.07) is 2.20. The van der Waals surface area contributed by atoms with E-state index in [4.69, 9.17) is 4.42 Å². The van der Waals surface area contributed by atoms with Gasteiger partial charge in [0, 0.05) is 20.1 Å². The van der Waals surface area contributed by atoms with Gasteiger partial charge < -0.3 is 9.32 Å². The Morgan fingerprint density at radius 3 is 2.58 bits per heavy atom. The number of rotatable bonds is 7. The summed E-state index contributed by atoms with van der Waals surface area (Å²) in [6.45, 7) is 4.89. The van der Waals surface area contributed by atoms with Gasteiger partial charge in [0.05, 0.1) is 35.7 Å². The number of carbonyl (C=O) groups excluding carboxylic acids is 1. The Morgan fingerprint density at radius 1 is 1.35 bits per heavy atom. The molecule has 0 saturated carbocycles. The molecule has 0 N–H and O–H groups in total. The lowest BCUT2D eigenvalue weighted by atomic mass is 10.2. The van der Waals surface area contributed by atoms with Gasteiger partial charge in [-0.2, -0.15) is 9.40 Å². The Morgan fingerprint density at radius 2 is 2.03 bits per heavy atom. The van der Waals surface area contributed by atoms with Crippen molar-refractivity contribution >= 4 is 25.8 Å². The van der Waals surface area contributed by atoms with E-state index in [1.807, 2.05) is 0 Å². The summed E-state index contributed by atoms with van der Waals surface area (Å²) in [5, 5.41) is 4.34. The first-order valence-corrected chi connectivity index (χ1v) is 13.1. The van der Waals surface area contributed by atoms with Crippen LogP contribution in [-0.4, -0.2) is 73.4 Å². The summed E-state index contributed by atoms with van der Waals surface area (Å²) < 4.78 is 57.7. The Bertz CT molecular complexity index is 1170. The van der Waals surface area contributed by atoms with Crippen LogP contribution in [0, 0.1) is 13.8 Å². The first-order valence-electron chi connectivity index (χ1n) is 9.86. The normalized spacial score (nSPS) is 19.6. The summed E-state index contributed by atoms with van der Waals surface area (Å²) in [6.07, 6.45) is 1.87. The molecule has 2 aromatic heterocycles. The number of furan rings is 1. The van der Waals surface area contributed by atoms with Gasteiger partial charge in [-0.3, -0.25) is 9.48 Å². The highest BCUT2D eigenvalue weighted by Gasteiger charge is 2.36. The lowest BCUT2D eigenvalue weighted by Gasteiger charge is -2.27. The average Bonchev–Trinajstić information content (AvgIpc) is 3.39. The van der Waals surface area contributed by atoms with Crippen molar-refractivity contribution in [2.45, 2.75) is 50.7 Å². The van der Waals surface area contributed by atoms with Gasteiger partial charge in [0.25, 0.3) is 0 Å². The monoisotopic (exact) mass is 472 g/mol. The second-order valence-electron chi connectivity index (χ2n) is 7.97. The van der Waals surface area contributed by atoms with Crippen molar-refractivity contribution in [3.05, 3.63) is 35.5 Å². The van der Waals surface area contributed by atoms with Crippen LogP contribution >= 0.6 is 0 Å². The van der Waals surface area contributed by atoms with Crippen LogP contribution in [0.4, 0.5) is 0 Å². The molecule has 3 heterocycles. The van der Waals surface area contributed by atoms with Gasteiger partial charge >= 0.3 is 0 Å². The molecule has 31 heavy (non-hydrogen) atoms. The standard InChI is InChI=1S/C19H28N4O6S2/c1-13-18(31(27,28)21(4)11-17-7-6-9-29-17)14(2)23(20-13)15(3)19(24)22(5)16-8-10-30(25,26)12-16/h6-7,9,15-16H,8,10-12H2,1-5H3/t15-,16+/m0/s1. The highest BCUT2D eigenvalue weighted by Crippen LogP contribution is 2.27. The molecule has 10 nitrogen and oxygen atoms in total. The first-order chi connectivity index (χ1) is 14.3. The summed E-state index contributed by atoms with van der Waals surface area (Å²) in [5.41, 5.74) is 0.631. The quantitative estimate of drug-likeness (QED) is 0.592. The van der Waals surface area contributed by atoms with E-state index in [0.29, 0.717) is 17.9 Å². The molecule has 1 saturated heterocycles. The van der Waals surface area contributed by atoms with Crippen LogP contribution in [-0.2, 0) is 31.2 Å². The SMILES string of the molecule is Cc1nn([C@@H](C)C(=O)N(C)[C@@H]2CCS(=O)(=O)C2)c(C)c1S(=O)(=O)N(C)Cc1ccco1.